The second-order valence-corrected chi connectivity index (χ2v) is 9.11. The Labute approximate surface area is 203 Å². The van der Waals surface area contributed by atoms with Crippen molar-refractivity contribution >= 4 is 37.8 Å². The van der Waals surface area contributed by atoms with E-state index in [1.165, 1.54) is 0 Å². The van der Waals surface area contributed by atoms with Crippen LogP contribution in [0, 0.1) is 0 Å². The number of hydrogen-bond donors (Lipinski definition) is 0. The molecule has 3 nitrogen and oxygen atoms in total. The van der Waals surface area contributed by atoms with E-state index in [9.17, 15) is 4.79 Å². The molecular formula is C27H19Br2O3+. The summed E-state index contributed by atoms with van der Waals surface area (Å²) in [5.74, 6) is 1.47. The summed E-state index contributed by atoms with van der Waals surface area (Å²) in [7, 11) is 0. The largest absolute Gasteiger partial charge is 0.423 e. The molecule has 0 bridgehead atoms. The second kappa shape index (κ2) is 9.63. The predicted octanol–water partition coefficient (Wildman–Crippen LogP) is 8.57. The zero-order chi connectivity index (χ0) is 22.7. The zero-order valence-electron chi connectivity index (χ0n) is 17.3. The molecule has 0 unspecified atom stereocenters. The van der Waals surface area contributed by atoms with Crippen molar-refractivity contribution in [2.45, 2.75) is 6.92 Å². The Bertz CT molecular complexity index is 1210. The third kappa shape index (κ3) is 5.23. The molecule has 5 heteroatoms. The van der Waals surface area contributed by atoms with Crippen molar-refractivity contribution in [1.82, 2.24) is 0 Å². The van der Waals surface area contributed by atoms with Gasteiger partial charge in [-0.25, -0.2) is 9.21 Å². The van der Waals surface area contributed by atoms with Crippen LogP contribution in [0.2, 0.25) is 0 Å². The minimum absolute atomic E-state index is 0.352. The summed E-state index contributed by atoms with van der Waals surface area (Å²) in [6.45, 7) is 5.23. The van der Waals surface area contributed by atoms with Gasteiger partial charge in [-0.05, 0) is 73.2 Å². The zero-order valence-corrected chi connectivity index (χ0v) is 20.4. The van der Waals surface area contributed by atoms with Gasteiger partial charge in [0, 0.05) is 20.1 Å². The number of ether oxygens (including phenoxy) is 1. The summed E-state index contributed by atoms with van der Waals surface area (Å²) in [5, 5.41) is 0. The molecule has 0 spiro atoms. The fourth-order valence-corrected chi connectivity index (χ4v) is 3.62. The topological polar surface area (TPSA) is 37.6 Å². The molecule has 0 radical (unpaired) electrons. The Morgan fingerprint density at radius 1 is 0.719 bits per heavy atom. The Hall–Kier alpha value is -3.02. The summed E-state index contributed by atoms with van der Waals surface area (Å²) >= 11 is 6.98. The van der Waals surface area contributed by atoms with Gasteiger partial charge in [-0.1, -0.05) is 50.6 Å². The first kappa shape index (κ1) is 22.2. The quantitative estimate of drug-likeness (QED) is 0.108. The Balaban J connectivity index is 1.77. The van der Waals surface area contributed by atoms with E-state index in [1.54, 1.807) is 19.1 Å². The van der Waals surface area contributed by atoms with E-state index in [2.05, 4.69) is 50.6 Å². The first-order valence-electron chi connectivity index (χ1n) is 9.87. The van der Waals surface area contributed by atoms with Crippen molar-refractivity contribution < 1.29 is 13.9 Å². The number of benzene rings is 3. The maximum absolute atomic E-state index is 11.8. The van der Waals surface area contributed by atoms with Gasteiger partial charge in [0.1, 0.15) is 5.75 Å². The SMILES string of the molecule is C=C(C)C(=O)Oc1ccc(-c2cc(-c3ccc(Br)cc3)cc(-c3ccc(Br)cc3)[o+]2)cc1. The predicted molar refractivity (Wildman–Crippen MR) is 135 cm³/mol. The fraction of sp³-hybridized carbons (Fsp3) is 0.0370. The van der Waals surface area contributed by atoms with Crippen LogP contribution in [0.25, 0.3) is 33.8 Å². The van der Waals surface area contributed by atoms with Crippen LogP contribution in [-0.4, -0.2) is 5.97 Å². The highest BCUT2D eigenvalue weighted by molar-refractivity contribution is 9.10. The molecule has 0 aliphatic rings. The monoisotopic (exact) mass is 549 g/mol. The molecule has 0 fully saturated rings. The lowest BCUT2D eigenvalue weighted by atomic mass is 10.0. The van der Waals surface area contributed by atoms with Gasteiger partial charge >= 0.3 is 17.5 Å². The van der Waals surface area contributed by atoms with Gasteiger partial charge in [0.25, 0.3) is 0 Å². The van der Waals surface area contributed by atoms with Crippen molar-refractivity contribution in [2.24, 2.45) is 0 Å². The van der Waals surface area contributed by atoms with E-state index in [0.29, 0.717) is 17.1 Å². The van der Waals surface area contributed by atoms with Gasteiger partial charge < -0.3 is 4.74 Å². The first-order valence-corrected chi connectivity index (χ1v) is 11.5. The number of esters is 1. The summed E-state index contributed by atoms with van der Waals surface area (Å²) < 4.78 is 13.6. The molecule has 0 saturated carbocycles. The number of carbonyl (C=O) groups is 1. The summed E-state index contributed by atoms with van der Waals surface area (Å²) in [4.78, 5) is 11.8. The number of halogens is 2. The third-order valence-electron chi connectivity index (χ3n) is 4.80. The normalized spacial score (nSPS) is 10.6. The van der Waals surface area contributed by atoms with Gasteiger partial charge in [-0.2, -0.15) is 0 Å². The number of rotatable bonds is 5. The molecule has 0 aliphatic heterocycles. The number of carbonyl (C=O) groups excluding carboxylic acids is 1. The maximum atomic E-state index is 11.8. The molecule has 4 rings (SSSR count). The summed E-state index contributed by atoms with van der Waals surface area (Å²) in [5.41, 5.74) is 4.31. The molecule has 0 N–H and O–H groups in total. The van der Waals surface area contributed by atoms with Gasteiger partial charge in [-0.3, -0.25) is 0 Å². The lowest BCUT2D eigenvalue weighted by Gasteiger charge is -2.05. The molecule has 1 aromatic heterocycles. The lowest BCUT2D eigenvalue weighted by Crippen LogP contribution is -2.07. The van der Waals surface area contributed by atoms with E-state index < -0.39 is 5.97 Å². The van der Waals surface area contributed by atoms with E-state index >= 15 is 0 Å². The van der Waals surface area contributed by atoms with Gasteiger partial charge in [0.15, 0.2) is 0 Å². The van der Waals surface area contributed by atoms with Gasteiger partial charge in [0.2, 0.25) is 0 Å². The average Bonchev–Trinajstić information content (AvgIpc) is 2.80. The number of hydrogen-bond acceptors (Lipinski definition) is 2. The van der Waals surface area contributed by atoms with E-state index in [4.69, 9.17) is 9.15 Å². The summed E-state index contributed by atoms with van der Waals surface area (Å²) in [6.07, 6.45) is 0. The standard InChI is InChI=1S/C27H19Br2O3/c1-17(2)27(30)31-24-13-7-20(8-14-24)26-16-21(18-3-9-22(28)10-4-18)15-25(32-26)19-5-11-23(29)12-6-19/h3-16H,1H2,2H3/q+1. The van der Waals surface area contributed by atoms with Gasteiger partial charge in [0.05, 0.1) is 23.3 Å². The molecule has 32 heavy (non-hydrogen) atoms. The van der Waals surface area contributed by atoms with Crippen LogP contribution >= 0.6 is 31.9 Å². The van der Waals surface area contributed by atoms with Crippen molar-refractivity contribution in [3.05, 3.63) is 106 Å². The van der Waals surface area contributed by atoms with Crippen LogP contribution in [0.3, 0.4) is 0 Å². The highest BCUT2D eigenvalue weighted by Gasteiger charge is 2.21. The van der Waals surface area contributed by atoms with E-state index in [0.717, 1.165) is 37.0 Å². The van der Waals surface area contributed by atoms with Crippen LogP contribution in [-0.2, 0) is 4.79 Å². The van der Waals surface area contributed by atoms with Crippen LogP contribution in [0.5, 0.6) is 5.75 Å². The molecule has 0 amide bonds. The molecular weight excluding hydrogens is 532 g/mol. The smallest absolute Gasteiger partial charge is 0.361 e. The fourth-order valence-electron chi connectivity index (χ4n) is 3.09. The second-order valence-electron chi connectivity index (χ2n) is 7.28. The Morgan fingerprint density at radius 2 is 1.16 bits per heavy atom. The Kier molecular flexibility index (Phi) is 6.68. The third-order valence-corrected chi connectivity index (χ3v) is 5.85. The van der Waals surface area contributed by atoms with Gasteiger partial charge in [-0.15, -0.1) is 0 Å². The van der Waals surface area contributed by atoms with Crippen LogP contribution in [0.1, 0.15) is 6.92 Å². The average molecular weight is 551 g/mol. The Morgan fingerprint density at radius 3 is 1.62 bits per heavy atom. The molecule has 0 aliphatic carbocycles. The minimum Gasteiger partial charge on any atom is -0.423 e. The summed E-state index contributed by atoms with van der Waals surface area (Å²) in [6, 6.07) is 27.5. The molecule has 0 saturated heterocycles. The molecule has 0 atom stereocenters. The molecule has 4 aromatic rings. The molecule has 158 valence electrons. The maximum Gasteiger partial charge on any atom is 0.361 e. The highest BCUT2D eigenvalue weighted by Crippen LogP contribution is 2.34. The van der Waals surface area contributed by atoms with Crippen molar-refractivity contribution in [2.75, 3.05) is 0 Å². The minimum atomic E-state index is -0.447. The van der Waals surface area contributed by atoms with E-state index in [-0.39, 0.29) is 0 Å². The van der Waals surface area contributed by atoms with Crippen molar-refractivity contribution in [3.63, 3.8) is 0 Å². The van der Waals surface area contributed by atoms with Crippen LogP contribution in [0.4, 0.5) is 0 Å². The highest BCUT2D eigenvalue weighted by atomic mass is 79.9. The van der Waals surface area contributed by atoms with Crippen LogP contribution in [0.15, 0.2) is 110 Å². The van der Waals surface area contributed by atoms with Crippen molar-refractivity contribution in [1.29, 1.82) is 0 Å². The molecule has 3 aromatic carbocycles. The first-order chi connectivity index (χ1) is 15.4. The molecule has 1 heterocycles. The lowest BCUT2D eigenvalue weighted by molar-refractivity contribution is -0.130. The van der Waals surface area contributed by atoms with E-state index in [1.807, 2.05) is 60.7 Å². The van der Waals surface area contributed by atoms with Crippen LogP contribution < -0.4 is 4.74 Å². The van der Waals surface area contributed by atoms with Crippen molar-refractivity contribution in [3.8, 4) is 39.5 Å².